The van der Waals surface area contributed by atoms with Crippen LogP contribution in [-0.4, -0.2) is 66.9 Å². The molecule has 0 atom stereocenters. The molecule has 0 aliphatic carbocycles. The second-order valence-electron chi connectivity index (χ2n) is 8.36. The monoisotopic (exact) mass is 419 g/mol. The van der Waals surface area contributed by atoms with Gasteiger partial charge in [-0.1, -0.05) is 30.3 Å². The number of hydrogen-bond acceptors (Lipinski definition) is 5. The van der Waals surface area contributed by atoms with Crippen molar-refractivity contribution in [3.63, 3.8) is 0 Å². The first-order valence-electron chi connectivity index (χ1n) is 10.6. The van der Waals surface area contributed by atoms with Gasteiger partial charge in [-0.05, 0) is 55.3 Å². The second-order valence-corrected chi connectivity index (χ2v) is 8.36. The molecule has 162 valence electrons. The highest BCUT2D eigenvalue weighted by molar-refractivity contribution is 6.35. The average Bonchev–Trinajstić information content (AvgIpc) is 3.01. The SMILES string of the molecule is COc1ccc(CN2C(=O)C(c3ccc(C)c(C)c3)=C(N3CCN(C)CC3)C2=O)cc1. The summed E-state index contributed by atoms with van der Waals surface area (Å²) >= 11 is 0. The van der Waals surface area contributed by atoms with Crippen LogP contribution in [0.25, 0.3) is 5.57 Å². The number of piperazine rings is 1. The van der Waals surface area contributed by atoms with Crippen molar-refractivity contribution in [3.05, 3.63) is 70.4 Å². The largest absolute Gasteiger partial charge is 0.497 e. The molecule has 1 fully saturated rings. The maximum Gasteiger partial charge on any atom is 0.278 e. The van der Waals surface area contributed by atoms with Gasteiger partial charge in [-0.2, -0.15) is 0 Å². The lowest BCUT2D eigenvalue weighted by atomic mass is 9.99. The smallest absolute Gasteiger partial charge is 0.278 e. The third kappa shape index (κ3) is 4.08. The second kappa shape index (κ2) is 8.55. The van der Waals surface area contributed by atoms with Gasteiger partial charge in [-0.25, -0.2) is 0 Å². The zero-order valence-electron chi connectivity index (χ0n) is 18.6. The van der Waals surface area contributed by atoms with E-state index >= 15 is 0 Å². The minimum absolute atomic E-state index is 0.210. The van der Waals surface area contributed by atoms with Crippen molar-refractivity contribution in [2.45, 2.75) is 20.4 Å². The maximum atomic E-state index is 13.5. The van der Waals surface area contributed by atoms with E-state index in [1.807, 2.05) is 56.3 Å². The minimum Gasteiger partial charge on any atom is -0.497 e. The number of rotatable bonds is 5. The van der Waals surface area contributed by atoms with E-state index in [-0.39, 0.29) is 18.4 Å². The van der Waals surface area contributed by atoms with Crippen LogP contribution in [-0.2, 0) is 16.1 Å². The first-order chi connectivity index (χ1) is 14.9. The first kappa shape index (κ1) is 21.1. The van der Waals surface area contributed by atoms with Crippen molar-refractivity contribution in [2.75, 3.05) is 40.3 Å². The van der Waals surface area contributed by atoms with Crippen molar-refractivity contribution in [3.8, 4) is 5.75 Å². The van der Waals surface area contributed by atoms with Crippen molar-refractivity contribution in [2.24, 2.45) is 0 Å². The lowest BCUT2D eigenvalue weighted by molar-refractivity contribution is -0.138. The molecule has 0 spiro atoms. The molecule has 0 saturated carbocycles. The Labute approximate surface area is 183 Å². The van der Waals surface area contributed by atoms with Gasteiger partial charge in [0.25, 0.3) is 11.8 Å². The van der Waals surface area contributed by atoms with Crippen molar-refractivity contribution in [1.29, 1.82) is 0 Å². The molecule has 0 N–H and O–H groups in total. The fourth-order valence-corrected chi connectivity index (χ4v) is 4.10. The van der Waals surface area contributed by atoms with Crippen LogP contribution < -0.4 is 4.74 Å². The summed E-state index contributed by atoms with van der Waals surface area (Å²) in [5.41, 5.74) is 5.03. The van der Waals surface area contributed by atoms with E-state index in [1.54, 1.807) is 7.11 Å². The van der Waals surface area contributed by atoms with Gasteiger partial charge >= 0.3 is 0 Å². The molecule has 2 aromatic carbocycles. The highest BCUT2D eigenvalue weighted by Crippen LogP contribution is 2.34. The van der Waals surface area contributed by atoms with Crippen LogP contribution in [0.1, 0.15) is 22.3 Å². The molecule has 6 nitrogen and oxygen atoms in total. The normalized spacial score (nSPS) is 17.7. The van der Waals surface area contributed by atoms with E-state index in [4.69, 9.17) is 4.74 Å². The van der Waals surface area contributed by atoms with E-state index in [1.165, 1.54) is 4.90 Å². The standard InChI is InChI=1S/C25H29N3O3/c1-17-5-8-20(15-18(17)2)22-23(27-13-11-26(3)12-14-27)25(30)28(24(22)29)16-19-6-9-21(31-4)10-7-19/h5-10,15H,11-14,16H2,1-4H3. The zero-order valence-corrected chi connectivity index (χ0v) is 18.6. The number of nitrogens with zero attached hydrogens (tertiary/aromatic N) is 3. The summed E-state index contributed by atoms with van der Waals surface area (Å²) in [6, 6.07) is 13.5. The molecule has 2 amide bonds. The van der Waals surface area contributed by atoms with Crippen LogP contribution in [0.4, 0.5) is 0 Å². The fraction of sp³-hybridized carbons (Fsp3) is 0.360. The zero-order chi connectivity index (χ0) is 22.1. The molecule has 0 aromatic heterocycles. The highest BCUT2D eigenvalue weighted by atomic mass is 16.5. The number of ether oxygens (including phenoxy) is 1. The average molecular weight is 420 g/mol. The molecule has 6 heteroatoms. The number of amides is 2. The Kier molecular flexibility index (Phi) is 5.83. The fourth-order valence-electron chi connectivity index (χ4n) is 4.10. The van der Waals surface area contributed by atoms with Crippen LogP contribution >= 0.6 is 0 Å². The van der Waals surface area contributed by atoms with Crippen molar-refractivity contribution < 1.29 is 14.3 Å². The lowest BCUT2D eigenvalue weighted by Crippen LogP contribution is -2.46. The van der Waals surface area contributed by atoms with E-state index in [0.29, 0.717) is 11.3 Å². The molecule has 2 aliphatic rings. The Morgan fingerprint density at radius 3 is 2.16 bits per heavy atom. The quantitative estimate of drug-likeness (QED) is 0.698. The summed E-state index contributed by atoms with van der Waals surface area (Å²) in [7, 11) is 3.69. The Bertz CT molecular complexity index is 1030. The van der Waals surface area contributed by atoms with Gasteiger partial charge in [-0.3, -0.25) is 14.5 Å². The van der Waals surface area contributed by atoms with Crippen LogP contribution in [0.5, 0.6) is 5.75 Å². The van der Waals surface area contributed by atoms with Crippen molar-refractivity contribution >= 4 is 17.4 Å². The number of carbonyl (C=O) groups is 2. The van der Waals surface area contributed by atoms with Crippen LogP contribution in [0.2, 0.25) is 0 Å². The maximum absolute atomic E-state index is 13.5. The van der Waals surface area contributed by atoms with Crippen LogP contribution in [0, 0.1) is 13.8 Å². The molecule has 2 aromatic rings. The molecule has 0 bridgehead atoms. The molecule has 2 aliphatic heterocycles. The van der Waals surface area contributed by atoms with E-state index < -0.39 is 0 Å². The Morgan fingerprint density at radius 1 is 0.871 bits per heavy atom. The van der Waals surface area contributed by atoms with Gasteiger partial charge in [0.2, 0.25) is 0 Å². The topological polar surface area (TPSA) is 53.1 Å². The summed E-state index contributed by atoms with van der Waals surface area (Å²) in [6.45, 7) is 7.52. The van der Waals surface area contributed by atoms with Crippen LogP contribution in [0.15, 0.2) is 48.2 Å². The van der Waals surface area contributed by atoms with Gasteiger partial charge in [0.05, 0.1) is 19.2 Å². The van der Waals surface area contributed by atoms with Gasteiger partial charge in [-0.15, -0.1) is 0 Å². The lowest BCUT2D eigenvalue weighted by Gasteiger charge is -2.34. The molecule has 4 rings (SSSR count). The van der Waals surface area contributed by atoms with E-state index in [9.17, 15) is 9.59 Å². The van der Waals surface area contributed by atoms with Gasteiger partial charge < -0.3 is 14.5 Å². The number of aryl methyl sites for hydroxylation is 2. The molecular formula is C25H29N3O3. The Morgan fingerprint density at radius 2 is 1.55 bits per heavy atom. The van der Waals surface area contributed by atoms with Crippen molar-refractivity contribution in [1.82, 2.24) is 14.7 Å². The molecule has 0 unspecified atom stereocenters. The summed E-state index contributed by atoms with van der Waals surface area (Å²) in [5.74, 6) is 0.312. The van der Waals surface area contributed by atoms with Gasteiger partial charge in [0.15, 0.2) is 0 Å². The Balaban J connectivity index is 1.71. The van der Waals surface area contributed by atoms with E-state index in [0.717, 1.165) is 54.2 Å². The molecule has 0 radical (unpaired) electrons. The third-order valence-corrected chi connectivity index (χ3v) is 6.26. The third-order valence-electron chi connectivity index (χ3n) is 6.26. The Hall–Kier alpha value is -3.12. The molecule has 2 heterocycles. The summed E-state index contributed by atoms with van der Waals surface area (Å²) < 4.78 is 5.22. The predicted molar refractivity (Wildman–Crippen MR) is 120 cm³/mol. The molecular weight excluding hydrogens is 390 g/mol. The number of hydrogen-bond donors (Lipinski definition) is 0. The van der Waals surface area contributed by atoms with Crippen LogP contribution in [0.3, 0.4) is 0 Å². The van der Waals surface area contributed by atoms with E-state index in [2.05, 4.69) is 16.8 Å². The summed E-state index contributed by atoms with van der Waals surface area (Å²) in [6.07, 6.45) is 0. The summed E-state index contributed by atoms with van der Waals surface area (Å²) in [5, 5.41) is 0. The highest BCUT2D eigenvalue weighted by Gasteiger charge is 2.42. The number of methoxy groups -OCH3 is 1. The minimum atomic E-state index is -0.224. The summed E-state index contributed by atoms with van der Waals surface area (Å²) in [4.78, 5) is 32.8. The molecule has 1 saturated heterocycles. The molecule has 31 heavy (non-hydrogen) atoms. The number of likely N-dealkylation sites (N-methyl/N-ethyl adjacent to an activating group) is 1. The van der Waals surface area contributed by atoms with Gasteiger partial charge in [0.1, 0.15) is 11.4 Å². The predicted octanol–water partition coefficient (Wildman–Crippen LogP) is 2.84. The van der Waals surface area contributed by atoms with Gasteiger partial charge in [0, 0.05) is 26.2 Å². The number of carbonyl (C=O) groups excluding carboxylic acids is 2. The number of benzene rings is 2. The first-order valence-corrected chi connectivity index (χ1v) is 10.6. The number of imide groups is 1.